The number of hydrogen-bond donors (Lipinski definition) is 1. The van der Waals surface area contributed by atoms with E-state index in [1.807, 2.05) is 48.5 Å². The van der Waals surface area contributed by atoms with Crippen LogP contribution in [0.3, 0.4) is 0 Å². The lowest BCUT2D eigenvalue weighted by Crippen LogP contribution is -2.08. The minimum atomic E-state index is -0.646. The van der Waals surface area contributed by atoms with Gasteiger partial charge in [-0.25, -0.2) is 4.79 Å². The molecule has 0 spiro atoms. The molecule has 0 saturated heterocycles. The van der Waals surface area contributed by atoms with Crippen LogP contribution in [0, 0.1) is 11.3 Å². The van der Waals surface area contributed by atoms with Crippen molar-refractivity contribution in [2.75, 3.05) is 18.5 Å². The Morgan fingerprint density at radius 3 is 2.72 bits per heavy atom. The van der Waals surface area contributed by atoms with Gasteiger partial charge in [-0.05, 0) is 24.6 Å². The molecule has 0 heterocycles. The topological polar surface area (TPSA) is 71.4 Å². The van der Waals surface area contributed by atoms with Crippen molar-refractivity contribution in [1.29, 1.82) is 5.26 Å². The molecule has 5 heteroatoms. The minimum Gasteiger partial charge on any atom is -0.493 e. The molecular formula is C20H20N2O3. The smallest absolute Gasteiger partial charge is 0.350 e. The zero-order valence-electron chi connectivity index (χ0n) is 14.1. The fourth-order valence-corrected chi connectivity index (χ4v) is 2.11. The summed E-state index contributed by atoms with van der Waals surface area (Å²) in [7, 11) is 0. The van der Waals surface area contributed by atoms with Gasteiger partial charge in [0.1, 0.15) is 11.8 Å². The number of nitrogens with one attached hydrogen (secondary N) is 1. The number of hydrogen-bond acceptors (Lipinski definition) is 5. The first-order chi connectivity index (χ1) is 12.2. The summed E-state index contributed by atoms with van der Waals surface area (Å²) in [5.41, 5.74) is 1.85. The maximum Gasteiger partial charge on any atom is 0.350 e. The van der Waals surface area contributed by atoms with Crippen LogP contribution in [0.25, 0.3) is 0 Å². The van der Waals surface area contributed by atoms with Crippen LogP contribution in [0.1, 0.15) is 12.5 Å². The predicted molar refractivity (Wildman–Crippen MR) is 96.0 cm³/mol. The first-order valence-electron chi connectivity index (χ1n) is 8.03. The fraction of sp³-hybridized carbons (Fsp3) is 0.200. The molecule has 5 nitrogen and oxygen atoms in total. The molecule has 0 aliphatic rings. The lowest BCUT2D eigenvalue weighted by Gasteiger charge is -2.08. The van der Waals surface area contributed by atoms with Gasteiger partial charge in [-0.1, -0.05) is 36.4 Å². The van der Waals surface area contributed by atoms with E-state index < -0.39 is 5.97 Å². The van der Waals surface area contributed by atoms with E-state index in [0.717, 1.165) is 6.42 Å². The lowest BCUT2D eigenvalue weighted by molar-refractivity contribution is -0.138. The summed E-state index contributed by atoms with van der Waals surface area (Å²) >= 11 is 0. The number of benzene rings is 2. The van der Waals surface area contributed by atoms with E-state index in [0.29, 0.717) is 18.0 Å². The second-order valence-corrected chi connectivity index (χ2v) is 5.15. The highest BCUT2D eigenvalue weighted by Gasteiger charge is 2.09. The van der Waals surface area contributed by atoms with Gasteiger partial charge in [0, 0.05) is 24.4 Å². The second-order valence-electron chi connectivity index (χ2n) is 5.15. The standard InChI is InChI=1S/C20H20N2O3/c1-2-24-20(23)17(14-21)15-22-18-9-6-10-19(13-18)25-12-11-16-7-4-3-5-8-16/h3-10,13,15,22H,2,11-12H2,1H3/b17-15-. The van der Waals surface area contributed by atoms with Crippen molar-refractivity contribution < 1.29 is 14.3 Å². The number of carbonyl (C=O) groups is 1. The third-order valence-corrected chi connectivity index (χ3v) is 3.34. The molecule has 0 fully saturated rings. The van der Waals surface area contributed by atoms with Gasteiger partial charge in [0.25, 0.3) is 0 Å². The molecule has 0 atom stereocenters. The van der Waals surface area contributed by atoms with Crippen molar-refractivity contribution in [2.24, 2.45) is 0 Å². The largest absolute Gasteiger partial charge is 0.493 e. The molecule has 128 valence electrons. The molecule has 2 rings (SSSR count). The number of nitrogens with zero attached hydrogens (tertiary/aromatic N) is 1. The molecule has 0 radical (unpaired) electrons. The van der Waals surface area contributed by atoms with E-state index in [2.05, 4.69) is 17.4 Å². The summed E-state index contributed by atoms with van der Waals surface area (Å²) in [5, 5.41) is 11.9. The van der Waals surface area contributed by atoms with E-state index >= 15 is 0 Å². The van der Waals surface area contributed by atoms with Crippen molar-refractivity contribution in [2.45, 2.75) is 13.3 Å². The number of nitriles is 1. The molecule has 0 aromatic heterocycles. The normalized spacial score (nSPS) is 10.6. The summed E-state index contributed by atoms with van der Waals surface area (Å²) < 4.78 is 10.6. The van der Waals surface area contributed by atoms with Crippen LogP contribution >= 0.6 is 0 Å². The predicted octanol–water partition coefficient (Wildman–Crippen LogP) is 3.69. The van der Waals surface area contributed by atoms with Crippen LogP contribution < -0.4 is 10.1 Å². The molecule has 0 aliphatic carbocycles. The van der Waals surface area contributed by atoms with Gasteiger partial charge in [-0.3, -0.25) is 0 Å². The van der Waals surface area contributed by atoms with Crippen molar-refractivity contribution in [3.8, 4) is 11.8 Å². The van der Waals surface area contributed by atoms with Gasteiger partial charge >= 0.3 is 5.97 Å². The van der Waals surface area contributed by atoms with E-state index in [-0.39, 0.29) is 12.2 Å². The maximum atomic E-state index is 11.6. The van der Waals surface area contributed by atoms with Gasteiger partial charge in [0.15, 0.2) is 5.57 Å². The van der Waals surface area contributed by atoms with Crippen molar-refractivity contribution in [3.05, 3.63) is 71.9 Å². The summed E-state index contributed by atoms with van der Waals surface area (Å²) in [4.78, 5) is 11.6. The molecule has 0 amide bonds. The quantitative estimate of drug-likeness (QED) is 0.452. The number of ether oxygens (including phenoxy) is 2. The Balaban J connectivity index is 1.92. The van der Waals surface area contributed by atoms with Gasteiger partial charge < -0.3 is 14.8 Å². The average Bonchev–Trinajstić information content (AvgIpc) is 2.64. The minimum absolute atomic E-state index is 0.0859. The fourth-order valence-electron chi connectivity index (χ4n) is 2.11. The highest BCUT2D eigenvalue weighted by atomic mass is 16.5. The van der Waals surface area contributed by atoms with Crippen molar-refractivity contribution >= 4 is 11.7 Å². The number of carbonyl (C=O) groups excluding carboxylic acids is 1. The maximum absolute atomic E-state index is 11.6. The molecule has 1 N–H and O–H groups in total. The molecule has 0 saturated carbocycles. The van der Waals surface area contributed by atoms with Crippen LogP contribution in [0.2, 0.25) is 0 Å². The lowest BCUT2D eigenvalue weighted by atomic mass is 10.2. The van der Waals surface area contributed by atoms with Gasteiger partial charge in [0.05, 0.1) is 13.2 Å². The molecule has 0 bridgehead atoms. The molecular weight excluding hydrogens is 316 g/mol. The zero-order valence-corrected chi connectivity index (χ0v) is 14.1. The summed E-state index contributed by atoms with van der Waals surface area (Å²) in [6.45, 7) is 2.48. The molecule has 0 aliphatic heterocycles. The SMILES string of the molecule is CCOC(=O)/C(C#N)=C\Nc1cccc(OCCc2ccccc2)c1. The zero-order chi connectivity index (χ0) is 17.9. The van der Waals surface area contributed by atoms with Crippen molar-refractivity contribution in [3.63, 3.8) is 0 Å². The molecule has 25 heavy (non-hydrogen) atoms. The second kappa shape index (κ2) is 9.78. The molecule has 2 aromatic carbocycles. The van der Waals surface area contributed by atoms with Crippen LogP contribution in [0.15, 0.2) is 66.4 Å². The molecule has 0 unspecified atom stereocenters. The Hall–Kier alpha value is -3.26. The summed E-state index contributed by atoms with van der Waals surface area (Å²) in [6.07, 6.45) is 2.15. The average molecular weight is 336 g/mol. The number of anilines is 1. The number of rotatable bonds is 8. The van der Waals surface area contributed by atoms with E-state index in [1.54, 1.807) is 6.92 Å². The van der Waals surface area contributed by atoms with E-state index in [9.17, 15) is 4.79 Å². The highest BCUT2D eigenvalue weighted by Crippen LogP contribution is 2.18. The van der Waals surface area contributed by atoms with E-state index in [1.165, 1.54) is 11.8 Å². The Kier molecular flexibility index (Phi) is 7.08. The third kappa shape index (κ3) is 6.04. The van der Waals surface area contributed by atoms with Crippen LogP contribution in [0.4, 0.5) is 5.69 Å². The Bertz CT molecular complexity index is 764. The third-order valence-electron chi connectivity index (χ3n) is 3.34. The number of esters is 1. The summed E-state index contributed by atoms with van der Waals surface area (Å²) in [6, 6.07) is 19.3. The highest BCUT2D eigenvalue weighted by molar-refractivity contribution is 5.93. The van der Waals surface area contributed by atoms with Crippen LogP contribution in [-0.2, 0) is 16.0 Å². The van der Waals surface area contributed by atoms with Gasteiger partial charge in [0.2, 0.25) is 0 Å². The Labute approximate surface area is 147 Å². The van der Waals surface area contributed by atoms with Crippen LogP contribution in [0.5, 0.6) is 5.75 Å². The van der Waals surface area contributed by atoms with Gasteiger partial charge in [-0.2, -0.15) is 5.26 Å². The Morgan fingerprint density at radius 2 is 2.00 bits per heavy atom. The van der Waals surface area contributed by atoms with Gasteiger partial charge in [-0.15, -0.1) is 0 Å². The van der Waals surface area contributed by atoms with Crippen molar-refractivity contribution in [1.82, 2.24) is 0 Å². The monoisotopic (exact) mass is 336 g/mol. The first-order valence-corrected chi connectivity index (χ1v) is 8.03. The van der Waals surface area contributed by atoms with Crippen LogP contribution in [-0.4, -0.2) is 19.2 Å². The summed E-state index contributed by atoms with van der Waals surface area (Å²) in [5.74, 6) is 0.0664. The molecule has 2 aromatic rings. The Morgan fingerprint density at radius 1 is 1.20 bits per heavy atom. The van der Waals surface area contributed by atoms with E-state index in [4.69, 9.17) is 14.7 Å². The first kappa shape index (κ1) is 18.1.